The van der Waals surface area contributed by atoms with Crippen molar-refractivity contribution in [3.05, 3.63) is 46.2 Å². The summed E-state index contributed by atoms with van der Waals surface area (Å²) in [5.41, 5.74) is 3.85. The van der Waals surface area contributed by atoms with Crippen molar-refractivity contribution in [2.75, 3.05) is 14.2 Å². The van der Waals surface area contributed by atoms with Crippen molar-refractivity contribution in [1.29, 1.82) is 0 Å². The van der Waals surface area contributed by atoms with Crippen molar-refractivity contribution in [3.8, 4) is 11.5 Å². The number of nitrogens with one attached hydrogen (secondary N) is 1. The second kappa shape index (κ2) is 6.56. The summed E-state index contributed by atoms with van der Waals surface area (Å²) in [5, 5.41) is 2.06. The van der Waals surface area contributed by atoms with Gasteiger partial charge in [0.25, 0.3) is 0 Å². The van der Waals surface area contributed by atoms with E-state index in [2.05, 4.69) is 16.9 Å². The predicted octanol–water partition coefficient (Wildman–Crippen LogP) is 2.51. The zero-order valence-corrected chi connectivity index (χ0v) is 11.9. The Morgan fingerprint density at radius 2 is 2.11 bits per heavy atom. The van der Waals surface area contributed by atoms with Gasteiger partial charge in [-0.05, 0) is 29.6 Å². The lowest BCUT2D eigenvalue weighted by molar-refractivity contribution is 0.389. The molecule has 1 heterocycles. The summed E-state index contributed by atoms with van der Waals surface area (Å²) < 4.78 is 10.7. The molecule has 5 heteroatoms. The van der Waals surface area contributed by atoms with Crippen LogP contribution in [0, 0.1) is 0 Å². The number of nitrogens with two attached hydrogens (primary N) is 1. The molecule has 1 atom stereocenters. The SMILES string of the molecule is COc1ccc(OC)c(C(Cc2cccs2)NN)c1. The van der Waals surface area contributed by atoms with Crippen LogP contribution in [0.4, 0.5) is 0 Å². The molecule has 0 bridgehead atoms. The topological polar surface area (TPSA) is 56.5 Å². The van der Waals surface area contributed by atoms with E-state index in [0.29, 0.717) is 0 Å². The van der Waals surface area contributed by atoms with Crippen LogP contribution >= 0.6 is 11.3 Å². The van der Waals surface area contributed by atoms with E-state index in [0.717, 1.165) is 23.5 Å². The van der Waals surface area contributed by atoms with Gasteiger partial charge in [-0.25, -0.2) is 0 Å². The highest BCUT2D eigenvalue weighted by Gasteiger charge is 2.17. The van der Waals surface area contributed by atoms with E-state index >= 15 is 0 Å². The molecule has 0 aliphatic heterocycles. The molecule has 1 aromatic carbocycles. The first-order chi connectivity index (χ1) is 9.28. The molecule has 19 heavy (non-hydrogen) atoms. The molecule has 0 amide bonds. The van der Waals surface area contributed by atoms with E-state index in [4.69, 9.17) is 15.3 Å². The van der Waals surface area contributed by atoms with E-state index in [9.17, 15) is 0 Å². The lowest BCUT2D eigenvalue weighted by Crippen LogP contribution is -2.29. The van der Waals surface area contributed by atoms with E-state index in [1.54, 1.807) is 25.6 Å². The molecule has 0 aliphatic carbocycles. The number of hydrazine groups is 1. The monoisotopic (exact) mass is 278 g/mol. The Labute approximate surface area is 117 Å². The molecule has 0 saturated carbocycles. The van der Waals surface area contributed by atoms with E-state index < -0.39 is 0 Å². The molecule has 3 N–H and O–H groups in total. The molecule has 2 rings (SSSR count). The number of methoxy groups -OCH3 is 2. The normalized spacial score (nSPS) is 12.2. The lowest BCUT2D eigenvalue weighted by atomic mass is 10.0. The van der Waals surface area contributed by atoms with E-state index in [1.807, 2.05) is 24.3 Å². The van der Waals surface area contributed by atoms with Crippen molar-refractivity contribution in [2.45, 2.75) is 12.5 Å². The van der Waals surface area contributed by atoms with Crippen molar-refractivity contribution in [2.24, 2.45) is 5.84 Å². The highest BCUT2D eigenvalue weighted by atomic mass is 32.1. The highest BCUT2D eigenvalue weighted by Crippen LogP contribution is 2.31. The first-order valence-corrected chi connectivity index (χ1v) is 6.87. The number of benzene rings is 1. The summed E-state index contributed by atoms with van der Waals surface area (Å²) in [6.45, 7) is 0. The van der Waals surface area contributed by atoms with Gasteiger partial charge >= 0.3 is 0 Å². The minimum atomic E-state index is -0.0105. The molecule has 4 nitrogen and oxygen atoms in total. The van der Waals surface area contributed by atoms with Crippen LogP contribution in [0.3, 0.4) is 0 Å². The highest BCUT2D eigenvalue weighted by molar-refractivity contribution is 7.09. The predicted molar refractivity (Wildman–Crippen MR) is 77.6 cm³/mol. The van der Waals surface area contributed by atoms with Crippen LogP contribution in [0.15, 0.2) is 35.7 Å². The molecular weight excluding hydrogens is 260 g/mol. The van der Waals surface area contributed by atoms with Gasteiger partial charge in [0, 0.05) is 16.9 Å². The molecule has 0 spiro atoms. The first-order valence-electron chi connectivity index (χ1n) is 5.99. The molecular formula is C14H18N2O2S. The quantitative estimate of drug-likeness (QED) is 0.630. The smallest absolute Gasteiger partial charge is 0.123 e. The second-order valence-corrected chi connectivity index (χ2v) is 5.14. The maximum atomic E-state index is 5.69. The zero-order chi connectivity index (χ0) is 13.7. The van der Waals surface area contributed by atoms with Gasteiger partial charge in [0.1, 0.15) is 11.5 Å². The van der Waals surface area contributed by atoms with Crippen LogP contribution in [0.5, 0.6) is 11.5 Å². The van der Waals surface area contributed by atoms with Gasteiger partial charge in [0.05, 0.1) is 20.3 Å². The number of hydrogen-bond acceptors (Lipinski definition) is 5. The zero-order valence-electron chi connectivity index (χ0n) is 11.1. The van der Waals surface area contributed by atoms with E-state index in [-0.39, 0.29) is 6.04 Å². The summed E-state index contributed by atoms with van der Waals surface area (Å²) in [6.07, 6.45) is 0.817. The first kappa shape index (κ1) is 13.9. The van der Waals surface area contributed by atoms with Crippen LogP contribution in [-0.2, 0) is 6.42 Å². The van der Waals surface area contributed by atoms with Crippen LogP contribution in [0.1, 0.15) is 16.5 Å². The van der Waals surface area contributed by atoms with Crippen LogP contribution < -0.4 is 20.7 Å². The minimum absolute atomic E-state index is 0.0105. The van der Waals surface area contributed by atoms with Gasteiger partial charge < -0.3 is 9.47 Å². The largest absolute Gasteiger partial charge is 0.497 e. The standard InChI is InChI=1S/C14H18N2O2S/c1-17-10-5-6-14(18-2)12(8-10)13(16-15)9-11-4-3-7-19-11/h3-8,13,16H,9,15H2,1-2H3. The number of rotatable bonds is 6. The van der Waals surface area contributed by atoms with Gasteiger partial charge in [-0.2, -0.15) is 0 Å². The molecule has 0 fully saturated rings. The van der Waals surface area contributed by atoms with Crippen molar-refractivity contribution in [1.82, 2.24) is 5.43 Å². The van der Waals surface area contributed by atoms with Gasteiger partial charge in [0.15, 0.2) is 0 Å². The number of ether oxygens (including phenoxy) is 2. The van der Waals surface area contributed by atoms with Gasteiger partial charge in [-0.1, -0.05) is 6.07 Å². The third-order valence-electron chi connectivity index (χ3n) is 3.00. The fourth-order valence-electron chi connectivity index (χ4n) is 2.00. The Kier molecular flexibility index (Phi) is 4.79. The minimum Gasteiger partial charge on any atom is -0.497 e. The van der Waals surface area contributed by atoms with Gasteiger partial charge in [-0.15, -0.1) is 11.3 Å². The third kappa shape index (κ3) is 3.26. The molecule has 1 aromatic heterocycles. The fraction of sp³-hybridized carbons (Fsp3) is 0.286. The average Bonchev–Trinajstić information content (AvgIpc) is 2.97. The van der Waals surface area contributed by atoms with Crippen molar-refractivity contribution >= 4 is 11.3 Å². The molecule has 0 saturated heterocycles. The molecule has 1 unspecified atom stereocenters. The Morgan fingerprint density at radius 1 is 1.26 bits per heavy atom. The molecule has 2 aromatic rings. The van der Waals surface area contributed by atoms with Gasteiger partial charge in [-0.3, -0.25) is 11.3 Å². The Morgan fingerprint density at radius 3 is 2.68 bits per heavy atom. The molecule has 0 radical (unpaired) electrons. The van der Waals surface area contributed by atoms with Crippen molar-refractivity contribution in [3.63, 3.8) is 0 Å². The van der Waals surface area contributed by atoms with Crippen LogP contribution in [0.25, 0.3) is 0 Å². The summed E-state index contributed by atoms with van der Waals surface area (Å²) >= 11 is 1.72. The Bertz CT molecular complexity index is 514. The van der Waals surface area contributed by atoms with Crippen LogP contribution in [-0.4, -0.2) is 14.2 Å². The summed E-state index contributed by atoms with van der Waals surface area (Å²) in [5.74, 6) is 7.29. The number of thiophene rings is 1. The summed E-state index contributed by atoms with van der Waals surface area (Å²) in [6, 6.07) is 9.85. The fourth-order valence-corrected chi connectivity index (χ4v) is 2.75. The Hall–Kier alpha value is -1.56. The lowest BCUT2D eigenvalue weighted by Gasteiger charge is -2.19. The van der Waals surface area contributed by atoms with Gasteiger partial charge in [0.2, 0.25) is 0 Å². The Balaban J connectivity index is 2.30. The van der Waals surface area contributed by atoms with E-state index in [1.165, 1.54) is 4.88 Å². The second-order valence-electron chi connectivity index (χ2n) is 4.11. The van der Waals surface area contributed by atoms with Crippen molar-refractivity contribution < 1.29 is 9.47 Å². The van der Waals surface area contributed by atoms with Crippen LogP contribution in [0.2, 0.25) is 0 Å². The number of hydrogen-bond donors (Lipinski definition) is 2. The third-order valence-corrected chi connectivity index (χ3v) is 3.90. The molecule has 0 aliphatic rings. The summed E-state index contributed by atoms with van der Waals surface area (Å²) in [7, 11) is 3.31. The summed E-state index contributed by atoms with van der Waals surface area (Å²) in [4.78, 5) is 1.27. The average molecular weight is 278 g/mol. The molecule has 102 valence electrons. The maximum Gasteiger partial charge on any atom is 0.123 e. The maximum absolute atomic E-state index is 5.69.